The van der Waals surface area contributed by atoms with E-state index in [2.05, 4.69) is 6.58 Å². The summed E-state index contributed by atoms with van der Waals surface area (Å²) < 4.78 is 38.7. The van der Waals surface area contributed by atoms with Crippen LogP contribution in [0.5, 0.6) is 11.5 Å². The van der Waals surface area contributed by atoms with Crippen LogP contribution in [0.2, 0.25) is 0 Å². The molecule has 0 N–H and O–H groups in total. The van der Waals surface area contributed by atoms with Crippen LogP contribution < -0.4 is 9.47 Å². The fraction of sp³-hybridized carbons (Fsp3) is 0.300. The summed E-state index contributed by atoms with van der Waals surface area (Å²) in [7, 11) is -3.55. The quantitative estimate of drug-likeness (QED) is 0.778. The molecule has 2 aliphatic heterocycles. The molecule has 0 spiro atoms. The Morgan fingerprint density at radius 2 is 1.85 bits per heavy atom. The number of hydrogen-bond donors (Lipinski definition) is 0. The number of aryl methyl sites for hydroxylation is 1. The summed E-state index contributed by atoms with van der Waals surface area (Å²) in [4.78, 5) is 0.325. The second-order valence-electron chi connectivity index (χ2n) is 6.67. The number of ether oxygens (including phenoxy) is 2. The number of hydrogen-bond acceptors (Lipinski definition) is 4. The van der Waals surface area contributed by atoms with Crippen LogP contribution in [0.1, 0.15) is 22.6 Å². The number of nitrogens with zero attached hydrogens (tertiary/aromatic N) is 1. The lowest BCUT2D eigenvalue weighted by molar-refractivity contribution is 0.174. The van der Waals surface area contributed by atoms with Crippen molar-refractivity contribution in [1.29, 1.82) is 0 Å². The van der Waals surface area contributed by atoms with Crippen molar-refractivity contribution in [3.63, 3.8) is 0 Å². The Balaban J connectivity index is 1.69. The molecule has 4 rings (SSSR count). The Bertz CT molecular complexity index is 951. The Hall–Kier alpha value is -2.31. The van der Waals surface area contributed by atoms with Crippen LogP contribution in [0.25, 0.3) is 0 Å². The van der Waals surface area contributed by atoms with Gasteiger partial charge in [0.15, 0.2) is 11.5 Å². The lowest BCUT2D eigenvalue weighted by Gasteiger charge is -2.23. The first kappa shape index (κ1) is 17.1. The molecule has 0 radical (unpaired) electrons. The zero-order chi connectivity index (χ0) is 18.3. The lowest BCUT2D eigenvalue weighted by atomic mass is 9.93. The van der Waals surface area contributed by atoms with E-state index in [0.29, 0.717) is 30.2 Å². The van der Waals surface area contributed by atoms with Crippen molar-refractivity contribution in [3.05, 3.63) is 65.7 Å². The number of sulfonamides is 1. The molecule has 2 aliphatic rings. The zero-order valence-electron chi connectivity index (χ0n) is 14.6. The summed E-state index contributed by atoms with van der Waals surface area (Å²) in [5, 5.41) is 0. The first-order valence-corrected chi connectivity index (χ1v) is 10.0. The van der Waals surface area contributed by atoms with Crippen molar-refractivity contribution in [2.45, 2.75) is 24.2 Å². The van der Waals surface area contributed by atoms with Gasteiger partial charge in [0.05, 0.1) is 4.90 Å². The fourth-order valence-electron chi connectivity index (χ4n) is 3.49. The number of benzene rings is 2. The molecule has 0 saturated carbocycles. The van der Waals surface area contributed by atoms with Gasteiger partial charge in [0.2, 0.25) is 16.8 Å². The largest absolute Gasteiger partial charge is 0.454 e. The van der Waals surface area contributed by atoms with Crippen molar-refractivity contribution in [3.8, 4) is 11.5 Å². The fourth-order valence-corrected chi connectivity index (χ4v) is 4.96. The molecule has 0 amide bonds. The van der Waals surface area contributed by atoms with Gasteiger partial charge in [-0.1, -0.05) is 23.8 Å². The van der Waals surface area contributed by atoms with Gasteiger partial charge in [-0.3, -0.25) is 0 Å². The Morgan fingerprint density at radius 1 is 1.15 bits per heavy atom. The average molecular weight is 371 g/mol. The Morgan fingerprint density at radius 3 is 2.54 bits per heavy atom. The number of rotatable bonds is 3. The molecule has 0 bridgehead atoms. The van der Waals surface area contributed by atoms with Gasteiger partial charge in [-0.15, -0.1) is 6.58 Å². The van der Waals surface area contributed by atoms with E-state index < -0.39 is 10.0 Å². The van der Waals surface area contributed by atoms with E-state index in [1.54, 1.807) is 16.4 Å². The lowest BCUT2D eigenvalue weighted by Crippen LogP contribution is -2.34. The van der Waals surface area contributed by atoms with Gasteiger partial charge in [0, 0.05) is 19.0 Å². The van der Waals surface area contributed by atoms with E-state index in [1.165, 1.54) is 0 Å². The summed E-state index contributed by atoms with van der Waals surface area (Å²) in [5.74, 6) is 1.34. The van der Waals surface area contributed by atoms with Gasteiger partial charge in [-0.05, 0) is 48.7 Å². The van der Waals surface area contributed by atoms with Crippen molar-refractivity contribution in [1.82, 2.24) is 4.31 Å². The zero-order valence-corrected chi connectivity index (χ0v) is 15.5. The van der Waals surface area contributed by atoms with Gasteiger partial charge < -0.3 is 9.47 Å². The molecule has 5 nitrogen and oxygen atoms in total. The van der Waals surface area contributed by atoms with E-state index in [-0.39, 0.29) is 12.7 Å². The highest BCUT2D eigenvalue weighted by Gasteiger charge is 2.31. The summed E-state index contributed by atoms with van der Waals surface area (Å²) >= 11 is 0. The molecule has 2 aromatic rings. The summed E-state index contributed by atoms with van der Waals surface area (Å²) in [6.07, 6.45) is 2.44. The first-order valence-electron chi connectivity index (χ1n) is 8.61. The molecule has 1 atom stereocenters. The van der Waals surface area contributed by atoms with Crippen molar-refractivity contribution in [2.75, 3.05) is 19.9 Å². The maximum Gasteiger partial charge on any atom is 0.243 e. The molecular weight excluding hydrogens is 350 g/mol. The van der Waals surface area contributed by atoms with Crippen LogP contribution in [-0.2, 0) is 16.4 Å². The molecule has 0 aromatic heterocycles. The maximum absolute atomic E-state index is 13.1. The maximum atomic E-state index is 13.1. The molecular formula is C20H21NO4S. The van der Waals surface area contributed by atoms with Crippen LogP contribution in [0.3, 0.4) is 0 Å². The van der Waals surface area contributed by atoms with E-state index in [4.69, 9.17) is 9.47 Å². The second kappa shape index (κ2) is 6.45. The SMILES string of the molecule is C=CC1CN(S(=O)(=O)c2ccc(C)cc2)CCc2cc3c(cc21)OCO3. The van der Waals surface area contributed by atoms with E-state index in [1.807, 2.05) is 37.3 Å². The third kappa shape index (κ3) is 2.89. The standard InChI is InChI=1S/C20H21NO4S/c1-3-15-12-21(26(22,23)17-6-4-14(2)5-7-17)9-8-16-10-19-20(11-18(15)16)25-13-24-19/h3-7,10-11,15H,1,8-9,12-13H2,2H3. The van der Waals surface area contributed by atoms with Crippen LogP contribution in [-0.4, -0.2) is 32.6 Å². The highest BCUT2D eigenvalue weighted by atomic mass is 32.2. The highest BCUT2D eigenvalue weighted by Crippen LogP contribution is 2.39. The smallest absolute Gasteiger partial charge is 0.243 e. The molecule has 0 fully saturated rings. The van der Waals surface area contributed by atoms with E-state index >= 15 is 0 Å². The number of fused-ring (bicyclic) bond motifs is 2. The van der Waals surface area contributed by atoms with Crippen LogP contribution in [0.4, 0.5) is 0 Å². The van der Waals surface area contributed by atoms with Crippen molar-refractivity contribution < 1.29 is 17.9 Å². The Labute approximate surface area is 153 Å². The normalized spacial score (nSPS) is 19.7. The molecule has 2 heterocycles. The summed E-state index contributed by atoms with van der Waals surface area (Å²) in [6, 6.07) is 10.9. The molecule has 0 aliphatic carbocycles. The molecule has 136 valence electrons. The predicted molar refractivity (Wildman–Crippen MR) is 99.1 cm³/mol. The van der Waals surface area contributed by atoms with Gasteiger partial charge >= 0.3 is 0 Å². The molecule has 0 saturated heterocycles. The van der Waals surface area contributed by atoms with Gasteiger partial charge in [-0.25, -0.2) is 8.42 Å². The van der Waals surface area contributed by atoms with Crippen LogP contribution in [0, 0.1) is 6.92 Å². The molecule has 26 heavy (non-hydrogen) atoms. The van der Waals surface area contributed by atoms with E-state index in [9.17, 15) is 8.42 Å². The van der Waals surface area contributed by atoms with Crippen LogP contribution in [0.15, 0.2) is 53.9 Å². The minimum atomic E-state index is -3.55. The molecule has 6 heteroatoms. The predicted octanol–water partition coefficient (Wildman–Crippen LogP) is 3.24. The minimum Gasteiger partial charge on any atom is -0.454 e. The van der Waals surface area contributed by atoms with Gasteiger partial charge in [0.1, 0.15) is 0 Å². The van der Waals surface area contributed by atoms with Gasteiger partial charge in [0.25, 0.3) is 0 Å². The molecule has 2 aromatic carbocycles. The van der Waals surface area contributed by atoms with Crippen LogP contribution >= 0.6 is 0 Å². The summed E-state index contributed by atoms with van der Waals surface area (Å²) in [6.45, 7) is 6.88. The molecule has 1 unspecified atom stereocenters. The third-order valence-electron chi connectivity index (χ3n) is 5.01. The minimum absolute atomic E-state index is 0.0952. The van der Waals surface area contributed by atoms with E-state index in [0.717, 1.165) is 22.4 Å². The van der Waals surface area contributed by atoms with Crippen molar-refractivity contribution in [2.24, 2.45) is 0 Å². The monoisotopic (exact) mass is 371 g/mol. The average Bonchev–Trinajstić information content (AvgIpc) is 3.00. The highest BCUT2D eigenvalue weighted by molar-refractivity contribution is 7.89. The third-order valence-corrected chi connectivity index (χ3v) is 6.89. The topological polar surface area (TPSA) is 55.8 Å². The summed E-state index contributed by atoms with van der Waals surface area (Å²) in [5.41, 5.74) is 3.18. The first-order chi connectivity index (χ1) is 12.5. The Kier molecular flexibility index (Phi) is 4.25. The second-order valence-corrected chi connectivity index (χ2v) is 8.61. The van der Waals surface area contributed by atoms with Gasteiger partial charge in [-0.2, -0.15) is 4.31 Å². The van der Waals surface area contributed by atoms with Crippen molar-refractivity contribution >= 4 is 10.0 Å².